The Morgan fingerprint density at radius 2 is 1.52 bits per heavy atom. The molecule has 0 bridgehead atoms. The highest BCUT2D eigenvalue weighted by atomic mass is 32.2. The van der Waals surface area contributed by atoms with Gasteiger partial charge in [0.05, 0.1) is 22.9 Å². The largest absolute Gasteiger partial charge is 0.348 e. The first kappa shape index (κ1) is 20.9. The quantitative estimate of drug-likeness (QED) is 0.749. The van der Waals surface area contributed by atoms with Gasteiger partial charge in [0.25, 0.3) is 0 Å². The van der Waals surface area contributed by atoms with Crippen molar-refractivity contribution in [1.29, 1.82) is 0 Å². The Kier molecular flexibility index (Phi) is 6.27. The predicted molar refractivity (Wildman–Crippen MR) is 105 cm³/mol. The first-order chi connectivity index (χ1) is 12.5. The number of nitrogens with zero attached hydrogens (tertiary/aromatic N) is 1. The zero-order valence-electron chi connectivity index (χ0n) is 15.3. The Hall–Kier alpha value is -2.39. The van der Waals surface area contributed by atoms with Crippen LogP contribution >= 0.6 is 0 Å². The number of nitrogens with one attached hydrogen (secondary N) is 1. The van der Waals surface area contributed by atoms with Crippen molar-refractivity contribution >= 4 is 31.5 Å². The number of hydrogen-bond acceptors (Lipinski definition) is 5. The van der Waals surface area contributed by atoms with Gasteiger partial charge in [-0.1, -0.05) is 30.3 Å². The smallest absolute Gasteiger partial charge is 0.241 e. The van der Waals surface area contributed by atoms with Crippen LogP contribution < -0.4 is 9.62 Å². The minimum absolute atomic E-state index is 0.192. The topological polar surface area (TPSA) is 101 Å². The van der Waals surface area contributed by atoms with E-state index < -0.39 is 31.8 Å². The number of para-hydroxylation sites is 1. The minimum Gasteiger partial charge on any atom is -0.348 e. The van der Waals surface area contributed by atoms with E-state index in [4.69, 9.17) is 0 Å². The number of sulfone groups is 1. The molecule has 0 aliphatic heterocycles. The third-order valence-electron chi connectivity index (χ3n) is 3.92. The molecule has 1 amide bonds. The van der Waals surface area contributed by atoms with E-state index >= 15 is 0 Å². The summed E-state index contributed by atoms with van der Waals surface area (Å²) in [6, 6.07) is 14.1. The zero-order chi connectivity index (χ0) is 20.2. The molecule has 0 spiro atoms. The molecule has 0 radical (unpaired) electrons. The second kappa shape index (κ2) is 8.10. The van der Waals surface area contributed by atoms with Gasteiger partial charge in [-0.25, -0.2) is 16.8 Å². The van der Waals surface area contributed by atoms with Gasteiger partial charge in [0, 0.05) is 6.26 Å². The van der Waals surface area contributed by atoms with Gasteiger partial charge in [-0.3, -0.25) is 9.10 Å². The lowest BCUT2D eigenvalue weighted by Crippen LogP contribution is -2.41. The van der Waals surface area contributed by atoms with E-state index in [2.05, 4.69) is 5.32 Å². The minimum atomic E-state index is -3.63. The third-order valence-corrected chi connectivity index (χ3v) is 6.19. The summed E-state index contributed by atoms with van der Waals surface area (Å²) in [6.45, 7) is 1.38. The van der Waals surface area contributed by atoms with Crippen molar-refractivity contribution < 1.29 is 21.6 Å². The molecule has 0 aliphatic carbocycles. The van der Waals surface area contributed by atoms with Crippen LogP contribution in [0.5, 0.6) is 0 Å². The highest BCUT2D eigenvalue weighted by Crippen LogP contribution is 2.18. The molecule has 1 N–H and O–H groups in total. The van der Waals surface area contributed by atoms with Crippen LogP contribution in [0, 0.1) is 0 Å². The van der Waals surface area contributed by atoms with Crippen molar-refractivity contribution in [1.82, 2.24) is 5.32 Å². The fraction of sp³-hybridized carbons (Fsp3) is 0.278. The molecule has 0 unspecified atom stereocenters. The van der Waals surface area contributed by atoms with Crippen molar-refractivity contribution in [3.8, 4) is 0 Å². The van der Waals surface area contributed by atoms with Gasteiger partial charge >= 0.3 is 0 Å². The fourth-order valence-corrected chi connectivity index (χ4v) is 3.99. The maximum atomic E-state index is 12.4. The second-order valence-electron chi connectivity index (χ2n) is 6.24. The van der Waals surface area contributed by atoms with Crippen molar-refractivity contribution in [3.63, 3.8) is 0 Å². The van der Waals surface area contributed by atoms with Crippen LogP contribution in [-0.4, -0.2) is 41.8 Å². The Labute approximate surface area is 160 Å². The highest BCUT2D eigenvalue weighted by molar-refractivity contribution is 7.92. The first-order valence-corrected chi connectivity index (χ1v) is 11.8. The van der Waals surface area contributed by atoms with Crippen LogP contribution in [0.25, 0.3) is 0 Å². The van der Waals surface area contributed by atoms with Crippen LogP contribution in [0.1, 0.15) is 18.5 Å². The van der Waals surface area contributed by atoms with Gasteiger partial charge in [0.2, 0.25) is 15.9 Å². The van der Waals surface area contributed by atoms with E-state index in [0.717, 1.165) is 16.8 Å². The molecule has 0 saturated heterocycles. The molecule has 0 fully saturated rings. The maximum Gasteiger partial charge on any atom is 0.241 e. The number of hydrogen-bond donors (Lipinski definition) is 1. The van der Waals surface area contributed by atoms with Crippen LogP contribution in [0.3, 0.4) is 0 Å². The Balaban J connectivity index is 2.11. The van der Waals surface area contributed by atoms with Crippen molar-refractivity contribution in [2.45, 2.75) is 17.9 Å². The third kappa shape index (κ3) is 5.80. The summed E-state index contributed by atoms with van der Waals surface area (Å²) in [6.07, 6.45) is 2.16. The molecular weight excluding hydrogens is 388 g/mol. The fourth-order valence-electron chi connectivity index (χ4n) is 2.50. The van der Waals surface area contributed by atoms with Gasteiger partial charge in [-0.15, -0.1) is 0 Å². The van der Waals surface area contributed by atoms with Crippen LogP contribution in [0.15, 0.2) is 59.5 Å². The monoisotopic (exact) mass is 410 g/mol. The van der Waals surface area contributed by atoms with Gasteiger partial charge in [-0.2, -0.15) is 0 Å². The predicted octanol–water partition coefficient (Wildman–Crippen LogP) is 1.73. The van der Waals surface area contributed by atoms with Crippen molar-refractivity contribution in [2.75, 3.05) is 23.4 Å². The summed E-state index contributed by atoms with van der Waals surface area (Å²) in [5.74, 6) is -0.469. The van der Waals surface area contributed by atoms with Crippen LogP contribution in [0.4, 0.5) is 5.69 Å². The van der Waals surface area contributed by atoms with Crippen molar-refractivity contribution in [3.05, 3.63) is 60.2 Å². The molecule has 0 saturated carbocycles. The summed E-state index contributed by atoms with van der Waals surface area (Å²) in [5, 5.41) is 2.73. The molecule has 0 aliphatic rings. The summed E-state index contributed by atoms with van der Waals surface area (Å²) in [5.41, 5.74) is 1.11. The lowest BCUT2D eigenvalue weighted by Gasteiger charge is -2.23. The molecular formula is C18H22N2O5S2. The zero-order valence-corrected chi connectivity index (χ0v) is 16.9. The number of carbonyl (C=O) groups excluding carboxylic acids is 1. The number of benzene rings is 2. The highest BCUT2D eigenvalue weighted by Gasteiger charge is 2.21. The number of amides is 1. The van der Waals surface area contributed by atoms with E-state index in [1.165, 1.54) is 12.1 Å². The standard InChI is InChI=1S/C18H22N2O5S2/c1-14(15-9-11-17(12-10-15)26(2,22)23)19-18(21)13-20(27(3,24)25)16-7-5-4-6-8-16/h4-12,14H,13H2,1-3H3,(H,19,21)/t14-/m0/s1. The Morgan fingerprint density at radius 1 is 0.963 bits per heavy atom. The molecule has 146 valence electrons. The summed E-state index contributed by atoms with van der Waals surface area (Å²) in [4.78, 5) is 12.6. The normalized spacial score (nSPS) is 13.0. The Morgan fingerprint density at radius 3 is 2.00 bits per heavy atom. The molecule has 9 heteroatoms. The summed E-state index contributed by atoms with van der Waals surface area (Å²) >= 11 is 0. The molecule has 7 nitrogen and oxygen atoms in total. The summed E-state index contributed by atoms with van der Waals surface area (Å²) < 4.78 is 48.1. The number of rotatable bonds is 7. The first-order valence-electron chi connectivity index (χ1n) is 8.10. The SMILES string of the molecule is C[C@H](NC(=O)CN(c1ccccc1)S(C)(=O)=O)c1ccc(S(C)(=O)=O)cc1. The van der Waals surface area contributed by atoms with Gasteiger partial charge in [0.1, 0.15) is 6.54 Å². The van der Waals surface area contributed by atoms with Crippen LogP contribution in [-0.2, 0) is 24.7 Å². The molecule has 27 heavy (non-hydrogen) atoms. The average Bonchev–Trinajstić information content (AvgIpc) is 2.59. The van der Waals surface area contributed by atoms with Crippen LogP contribution in [0.2, 0.25) is 0 Å². The lowest BCUT2D eigenvalue weighted by molar-refractivity contribution is -0.120. The average molecular weight is 411 g/mol. The molecule has 2 aromatic carbocycles. The van der Waals surface area contributed by atoms with E-state index in [1.807, 2.05) is 0 Å². The number of sulfonamides is 1. The molecule has 1 atom stereocenters. The van der Waals surface area contributed by atoms with E-state index in [1.54, 1.807) is 49.4 Å². The maximum absolute atomic E-state index is 12.4. The van der Waals surface area contributed by atoms with E-state index in [9.17, 15) is 21.6 Å². The molecule has 2 aromatic rings. The van der Waals surface area contributed by atoms with Crippen molar-refractivity contribution in [2.24, 2.45) is 0 Å². The van der Waals surface area contributed by atoms with Gasteiger partial charge < -0.3 is 5.32 Å². The lowest BCUT2D eigenvalue weighted by atomic mass is 10.1. The van der Waals surface area contributed by atoms with E-state index in [0.29, 0.717) is 11.3 Å². The Bertz CT molecular complexity index is 1000. The number of anilines is 1. The van der Waals surface area contributed by atoms with Gasteiger partial charge in [0.15, 0.2) is 9.84 Å². The molecule has 0 heterocycles. The number of carbonyl (C=O) groups is 1. The van der Waals surface area contributed by atoms with Gasteiger partial charge in [-0.05, 0) is 36.8 Å². The molecule has 0 aromatic heterocycles. The summed E-state index contributed by atoms with van der Waals surface area (Å²) in [7, 11) is -6.92. The van der Waals surface area contributed by atoms with E-state index in [-0.39, 0.29) is 11.4 Å². The second-order valence-corrected chi connectivity index (χ2v) is 10.2. The molecule has 2 rings (SSSR count).